The highest BCUT2D eigenvalue weighted by Gasteiger charge is 2.00. The van der Waals surface area contributed by atoms with Crippen LogP contribution in [0.2, 0.25) is 0 Å². The topological polar surface area (TPSA) is 78.3 Å². The van der Waals surface area contributed by atoms with Gasteiger partial charge in [0.15, 0.2) is 0 Å². The molecule has 0 radical (unpaired) electrons. The van der Waals surface area contributed by atoms with Crippen LogP contribution < -0.4 is 5.32 Å². The van der Waals surface area contributed by atoms with Crippen molar-refractivity contribution in [3.8, 4) is 0 Å². The van der Waals surface area contributed by atoms with Crippen LogP contribution in [0.1, 0.15) is 45.2 Å². The molecule has 1 aromatic heterocycles. The molecule has 0 aliphatic carbocycles. The summed E-state index contributed by atoms with van der Waals surface area (Å²) in [5, 5.41) is 11.0. The molecule has 1 N–H and O–H groups in total. The first kappa shape index (κ1) is 19.6. The Morgan fingerprint density at radius 3 is 2.70 bits per heavy atom. The van der Waals surface area contributed by atoms with Crippen molar-refractivity contribution in [2.45, 2.75) is 52.5 Å². The molecule has 0 saturated carbocycles. The number of carbonyl (C=O) groups is 1. The minimum atomic E-state index is 0.0991. The fraction of sp³-hybridized carbons (Fsp3) is 0.812. The fourth-order valence-electron chi connectivity index (χ4n) is 1.99. The standard InChI is InChI=1S/C16H30N4O3/c1-3-5-7-16(21)17-8-10-22-12-13-23-11-9-20-14-15(6-4-2)18-19-20/h14H,3-13H2,1-2H3,(H,17,21). The summed E-state index contributed by atoms with van der Waals surface area (Å²) in [5.74, 6) is 0.0991. The second kappa shape index (κ2) is 13.0. The maximum Gasteiger partial charge on any atom is 0.220 e. The van der Waals surface area contributed by atoms with Crippen LogP contribution in [0.25, 0.3) is 0 Å². The quantitative estimate of drug-likeness (QED) is 0.525. The zero-order valence-electron chi connectivity index (χ0n) is 14.4. The Kier molecular flexibility index (Phi) is 11.1. The Labute approximate surface area is 138 Å². The van der Waals surface area contributed by atoms with E-state index in [0.29, 0.717) is 45.9 Å². The van der Waals surface area contributed by atoms with E-state index in [1.807, 2.05) is 6.20 Å². The van der Waals surface area contributed by atoms with Crippen LogP contribution in [0.4, 0.5) is 0 Å². The highest BCUT2D eigenvalue weighted by molar-refractivity contribution is 5.75. The van der Waals surface area contributed by atoms with Crippen molar-refractivity contribution in [1.29, 1.82) is 0 Å². The largest absolute Gasteiger partial charge is 0.377 e. The minimum absolute atomic E-state index is 0.0991. The van der Waals surface area contributed by atoms with Gasteiger partial charge in [-0.05, 0) is 12.8 Å². The summed E-state index contributed by atoms with van der Waals surface area (Å²) in [6, 6.07) is 0. The molecule has 0 aromatic carbocycles. The fourth-order valence-corrected chi connectivity index (χ4v) is 1.99. The second-order valence-electron chi connectivity index (χ2n) is 5.40. The summed E-state index contributed by atoms with van der Waals surface area (Å²) >= 11 is 0. The van der Waals surface area contributed by atoms with E-state index in [9.17, 15) is 4.79 Å². The highest BCUT2D eigenvalue weighted by atomic mass is 16.5. The molecule has 0 spiro atoms. The third-order valence-corrected chi connectivity index (χ3v) is 3.25. The Morgan fingerprint density at radius 1 is 1.17 bits per heavy atom. The van der Waals surface area contributed by atoms with Crippen molar-refractivity contribution in [3.05, 3.63) is 11.9 Å². The molecule has 23 heavy (non-hydrogen) atoms. The van der Waals surface area contributed by atoms with Gasteiger partial charge in [-0.15, -0.1) is 5.10 Å². The summed E-state index contributed by atoms with van der Waals surface area (Å²) in [5.41, 5.74) is 1.02. The minimum Gasteiger partial charge on any atom is -0.377 e. The third-order valence-electron chi connectivity index (χ3n) is 3.25. The number of nitrogens with zero attached hydrogens (tertiary/aromatic N) is 3. The number of unbranched alkanes of at least 4 members (excludes halogenated alkanes) is 1. The molecule has 0 bridgehead atoms. The number of carbonyl (C=O) groups excluding carboxylic acids is 1. The smallest absolute Gasteiger partial charge is 0.220 e. The molecule has 7 heteroatoms. The molecule has 0 atom stereocenters. The Bertz CT molecular complexity index is 423. The van der Waals surface area contributed by atoms with Crippen LogP contribution in [-0.4, -0.2) is 53.9 Å². The SMILES string of the molecule is CCCCC(=O)NCCOCCOCCn1cc(CCC)nn1. The van der Waals surface area contributed by atoms with E-state index < -0.39 is 0 Å². The van der Waals surface area contributed by atoms with E-state index in [0.717, 1.165) is 31.4 Å². The van der Waals surface area contributed by atoms with Gasteiger partial charge in [-0.2, -0.15) is 0 Å². The number of hydrogen-bond donors (Lipinski definition) is 1. The summed E-state index contributed by atoms with van der Waals surface area (Å²) < 4.78 is 12.7. The van der Waals surface area contributed by atoms with Crippen LogP contribution in [0, 0.1) is 0 Å². The Morgan fingerprint density at radius 2 is 1.96 bits per heavy atom. The normalized spacial score (nSPS) is 10.9. The van der Waals surface area contributed by atoms with Crippen LogP contribution in [0.3, 0.4) is 0 Å². The van der Waals surface area contributed by atoms with Gasteiger partial charge >= 0.3 is 0 Å². The number of aromatic nitrogens is 3. The van der Waals surface area contributed by atoms with Crippen molar-refractivity contribution >= 4 is 5.91 Å². The van der Waals surface area contributed by atoms with Gasteiger partial charge in [0.05, 0.1) is 38.7 Å². The summed E-state index contributed by atoms with van der Waals surface area (Å²) in [4.78, 5) is 11.3. The lowest BCUT2D eigenvalue weighted by atomic mass is 10.2. The number of rotatable bonds is 14. The first-order valence-corrected chi connectivity index (χ1v) is 8.57. The first-order valence-electron chi connectivity index (χ1n) is 8.57. The zero-order chi connectivity index (χ0) is 16.8. The number of ether oxygens (including phenoxy) is 2. The molecule has 1 amide bonds. The molecule has 1 aromatic rings. The van der Waals surface area contributed by atoms with Gasteiger partial charge in [0.2, 0.25) is 5.91 Å². The predicted octanol–water partition coefficient (Wildman–Crippen LogP) is 1.57. The lowest BCUT2D eigenvalue weighted by molar-refractivity contribution is -0.121. The van der Waals surface area contributed by atoms with Crippen LogP contribution in [-0.2, 0) is 27.2 Å². The summed E-state index contributed by atoms with van der Waals surface area (Å²) in [6.07, 6.45) is 6.57. The van der Waals surface area contributed by atoms with Gasteiger partial charge in [-0.1, -0.05) is 31.9 Å². The number of nitrogens with one attached hydrogen (secondary N) is 1. The monoisotopic (exact) mass is 326 g/mol. The van der Waals surface area contributed by atoms with Crippen molar-refractivity contribution < 1.29 is 14.3 Å². The van der Waals surface area contributed by atoms with E-state index in [-0.39, 0.29) is 5.91 Å². The van der Waals surface area contributed by atoms with Gasteiger partial charge in [-0.25, -0.2) is 4.68 Å². The molecule has 0 saturated heterocycles. The predicted molar refractivity (Wildman–Crippen MR) is 88.2 cm³/mol. The number of aryl methyl sites for hydroxylation is 1. The molecule has 7 nitrogen and oxygen atoms in total. The number of amides is 1. The molecular weight excluding hydrogens is 296 g/mol. The maximum absolute atomic E-state index is 11.3. The van der Waals surface area contributed by atoms with E-state index in [2.05, 4.69) is 29.5 Å². The molecule has 132 valence electrons. The van der Waals surface area contributed by atoms with Crippen LogP contribution >= 0.6 is 0 Å². The molecule has 0 fully saturated rings. The highest BCUT2D eigenvalue weighted by Crippen LogP contribution is 1.97. The summed E-state index contributed by atoms with van der Waals surface area (Å²) in [7, 11) is 0. The van der Waals surface area contributed by atoms with Gasteiger partial charge in [0, 0.05) is 19.2 Å². The van der Waals surface area contributed by atoms with Crippen molar-refractivity contribution in [1.82, 2.24) is 20.3 Å². The molecule has 1 rings (SSSR count). The first-order chi connectivity index (χ1) is 11.3. The molecule has 0 unspecified atom stereocenters. The van der Waals surface area contributed by atoms with Crippen molar-refractivity contribution in [2.75, 3.05) is 33.0 Å². The third kappa shape index (κ3) is 10.0. The molecular formula is C16H30N4O3. The lowest BCUT2D eigenvalue weighted by Crippen LogP contribution is -2.27. The van der Waals surface area contributed by atoms with E-state index in [1.165, 1.54) is 0 Å². The van der Waals surface area contributed by atoms with Gasteiger partial charge < -0.3 is 14.8 Å². The molecule has 1 heterocycles. The Hall–Kier alpha value is -1.47. The zero-order valence-corrected chi connectivity index (χ0v) is 14.4. The molecule has 0 aliphatic heterocycles. The average molecular weight is 326 g/mol. The van der Waals surface area contributed by atoms with E-state index >= 15 is 0 Å². The summed E-state index contributed by atoms with van der Waals surface area (Å²) in [6.45, 7) is 7.63. The van der Waals surface area contributed by atoms with Gasteiger partial charge in [0.1, 0.15) is 0 Å². The van der Waals surface area contributed by atoms with Crippen molar-refractivity contribution in [3.63, 3.8) is 0 Å². The van der Waals surface area contributed by atoms with E-state index in [1.54, 1.807) is 4.68 Å². The number of hydrogen-bond acceptors (Lipinski definition) is 5. The van der Waals surface area contributed by atoms with E-state index in [4.69, 9.17) is 9.47 Å². The molecule has 0 aliphatic rings. The lowest BCUT2D eigenvalue weighted by Gasteiger charge is -2.07. The second-order valence-corrected chi connectivity index (χ2v) is 5.40. The Balaban J connectivity index is 1.88. The van der Waals surface area contributed by atoms with Gasteiger partial charge in [-0.3, -0.25) is 4.79 Å². The van der Waals surface area contributed by atoms with Crippen LogP contribution in [0.15, 0.2) is 6.20 Å². The maximum atomic E-state index is 11.3. The average Bonchev–Trinajstić information content (AvgIpc) is 2.99. The van der Waals surface area contributed by atoms with Crippen molar-refractivity contribution in [2.24, 2.45) is 0 Å². The van der Waals surface area contributed by atoms with Gasteiger partial charge in [0.25, 0.3) is 0 Å². The van der Waals surface area contributed by atoms with Crippen LogP contribution in [0.5, 0.6) is 0 Å².